The topological polar surface area (TPSA) is 91.0 Å². The number of aromatic nitrogens is 4. The molecule has 1 aromatic carbocycles. The molecule has 186 valence electrons. The summed E-state index contributed by atoms with van der Waals surface area (Å²) >= 11 is 2.65. The van der Waals surface area contributed by atoms with Crippen molar-refractivity contribution in [3.05, 3.63) is 83.3 Å². The van der Waals surface area contributed by atoms with E-state index in [1.54, 1.807) is 6.08 Å². The number of allylic oxidation sites excluding steroid dienone is 1. The van der Waals surface area contributed by atoms with Crippen LogP contribution in [0.5, 0.6) is 0 Å². The van der Waals surface area contributed by atoms with Crippen molar-refractivity contribution in [2.75, 3.05) is 18.2 Å². The number of hydrogen-bond acceptors (Lipinski definition) is 7. The second kappa shape index (κ2) is 11.4. The van der Waals surface area contributed by atoms with Gasteiger partial charge < -0.3 is 19.2 Å². The highest BCUT2D eigenvalue weighted by atomic mass is 32.2. The Kier molecular flexibility index (Phi) is 8.07. The molecule has 3 aromatic heterocycles. The van der Waals surface area contributed by atoms with E-state index in [1.165, 1.54) is 30.2 Å². The molecule has 0 fully saturated rings. The molecule has 0 unspecified atom stereocenters. The Bertz CT molecular complexity index is 1390. The second-order valence-corrected chi connectivity index (χ2v) is 10.2. The van der Waals surface area contributed by atoms with E-state index in [0.717, 1.165) is 27.5 Å². The molecule has 1 amide bonds. The number of benzene rings is 1. The highest BCUT2D eigenvalue weighted by molar-refractivity contribution is 7.99. The Morgan fingerprint density at radius 3 is 2.64 bits per heavy atom. The Balaban J connectivity index is 1.51. The maximum absolute atomic E-state index is 12.9. The van der Waals surface area contributed by atoms with Gasteiger partial charge >= 0.3 is 5.97 Å². The summed E-state index contributed by atoms with van der Waals surface area (Å²) in [5, 5.41) is 12.7. The third-order valence-corrected chi connectivity index (χ3v) is 7.60. The summed E-state index contributed by atoms with van der Waals surface area (Å²) in [7, 11) is 3.33. The van der Waals surface area contributed by atoms with Crippen LogP contribution in [0, 0.1) is 6.92 Å². The predicted molar refractivity (Wildman–Crippen MR) is 144 cm³/mol. The third kappa shape index (κ3) is 5.44. The number of rotatable bonds is 10. The monoisotopic (exact) mass is 521 g/mol. The molecule has 0 radical (unpaired) electrons. The third-order valence-electron chi connectivity index (χ3n) is 5.62. The lowest BCUT2D eigenvalue weighted by molar-refractivity contribution is -0.113. The maximum atomic E-state index is 12.9. The fraction of sp³-hybridized carbons (Fsp3) is 0.231. The molecule has 0 saturated carbocycles. The van der Waals surface area contributed by atoms with Gasteiger partial charge in [-0.3, -0.25) is 4.79 Å². The van der Waals surface area contributed by atoms with Gasteiger partial charge in [-0.15, -0.1) is 28.1 Å². The number of ether oxygens (including phenoxy) is 1. The van der Waals surface area contributed by atoms with Crippen LogP contribution in [0.1, 0.15) is 26.8 Å². The average Bonchev–Trinajstić information content (AvgIpc) is 3.55. The number of carbonyl (C=O) groups excluding carboxylic acids is 2. The normalized spacial score (nSPS) is 10.9. The van der Waals surface area contributed by atoms with E-state index in [1.807, 2.05) is 71.8 Å². The number of anilines is 1. The standard InChI is InChI=1S/C26H27N5O3S2/c1-5-13-31-20(15-19-12-9-14-30(19)3)28-29-26(31)35-16-21(32)27-24-23(25(33)34-4)22(17(2)36-24)18-10-7-6-8-11-18/h5-12,14H,1,13,15-16H2,2-4H3,(H,27,32). The first-order valence-electron chi connectivity index (χ1n) is 11.3. The fourth-order valence-corrected chi connectivity index (χ4v) is 5.73. The van der Waals surface area contributed by atoms with E-state index in [9.17, 15) is 9.59 Å². The highest BCUT2D eigenvalue weighted by Crippen LogP contribution is 2.40. The van der Waals surface area contributed by atoms with Gasteiger partial charge in [0.1, 0.15) is 16.4 Å². The molecule has 8 nitrogen and oxygen atoms in total. The van der Waals surface area contributed by atoms with Gasteiger partial charge in [0.25, 0.3) is 0 Å². The zero-order valence-electron chi connectivity index (χ0n) is 20.4. The van der Waals surface area contributed by atoms with E-state index in [0.29, 0.717) is 28.7 Å². The molecule has 0 aliphatic carbocycles. The van der Waals surface area contributed by atoms with E-state index in [2.05, 4.69) is 22.1 Å². The van der Waals surface area contributed by atoms with Gasteiger partial charge in [-0.05, 0) is 24.6 Å². The summed E-state index contributed by atoms with van der Waals surface area (Å²) in [6.07, 6.45) is 4.39. The molecule has 0 spiro atoms. The first-order chi connectivity index (χ1) is 17.4. The van der Waals surface area contributed by atoms with Gasteiger partial charge in [-0.1, -0.05) is 48.2 Å². The smallest absolute Gasteiger partial charge is 0.341 e. The number of esters is 1. The number of methoxy groups -OCH3 is 1. The Morgan fingerprint density at radius 1 is 1.19 bits per heavy atom. The zero-order chi connectivity index (χ0) is 25.7. The summed E-state index contributed by atoms with van der Waals surface area (Å²) < 4.78 is 9.04. The number of amides is 1. The van der Waals surface area contributed by atoms with Crippen LogP contribution < -0.4 is 5.32 Å². The van der Waals surface area contributed by atoms with E-state index >= 15 is 0 Å². The molecule has 4 rings (SSSR count). The number of nitrogens with zero attached hydrogens (tertiary/aromatic N) is 4. The van der Waals surface area contributed by atoms with E-state index < -0.39 is 5.97 Å². The first kappa shape index (κ1) is 25.5. The lowest BCUT2D eigenvalue weighted by Gasteiger charge is -2.09. The molecule has 0 bridgehead atoms. The molecule has 0 saturated heterocycles. The quantitative estimate of drug-likeness (QED) is 0.180. The molecule has 0 aliphatic rings. The minimum absolute atomic E-state index is 0.109. The Hall–Kier alpha value is -3.63. The van der Waals surface area contributed by atoms with Gasteiger partial charge in [0.2, 0.25) is 5.91 Å². The van der Waals surface area contributed by atoms with Gasteiger partial charge in [0.15, 0.2) is 5.16 Å². The Labute approximate surface area is 218 Å². The highest BCUT2D eigenvalue weighted by Gasteiger charge is 2.25. The largest absolute Gasteiger partial charge is 0.465 e. The number of carbonyl (C=O) groups is 2. The predicted octanol–water partition coefficient (Wildman–Crippen LogP) is 4.95. The van der Waals surface area contributed by atoms with E-state index in [-0.39, 0.29) is 11.7 Å². The molecule has 1 N–H and O–H groups in total. The molecule has 0 atom stereocenters. The molecular formula is C26H27N5O3S2. The number of aryl methyl sites for hydroxylation is 2. The number of thioether (sulfide) groups is 1. The summed E-state index contributed by atoms with van der Waals surface area (Å²) in [4.78, 5) is 26.5. The second-order valence-electron chi connectivity index (χ2n) is 8.02. The van der Waals surface area contributed by atoms with Gasteiger partial charge in [0.05, 0.1) is 12.9 Å². The van der Waals surface area contributed by atoms with Crippen molar-refractivity contribution in [3.8, 4) is 11.1 Å². The van der Waals surface area contributed by atoms with Crippen LogP contribution in [0.25, 0.3) is 11.1 Å². The Morgan fingerprint density at radius 2 is 1.97 bits per heavy atom. The van der Waals surface area contributed by atoms with Crippen molar-refractivity contribution in [3.63, 3.8) is 0 Å². The maximum Gasteiger partial charge on any atom is 0.341 e. The minimum atomic E-state index is -0.489. The fourth-order valence-electron chi connectivity index (χ4n) is 3.89. The van der Waals surface area contributed by atoms with Crippen LogP contribution in [-0.4, -0.2) is 44.1 Å². The SMILES string of the molecule is C=CCn1c(Cc2cccn2C)nnc1SCC(=O)Nc1sc(C)c(-c2ccccc2)c1C(=O)OC. The molecule has 4 aromatic rings. The van der Waals surface area contributed by atoms with Gasteiger partial charge in [0, 0.05) is 42.3 Å². The average molecular weight is 522 g/mol. The van der Waals surface area contributed by atoms with Crippen LogP contribution in [0.2, 0.25) is 0 Å². The van der Waals surface area contributed by atoms with Crippen molar-refractivity contribution in [2.45, 2.75) is 25.0 Å². The molecule has 10 heteroatoms. The van der Waals surface area contributed by atoms with Crippen molar-refractivity contribution < 1.29 is 14.3 Å². The van der Waals surface area contributed by atoms with Crippen LogP contribution in [0.15, 0.2) is 66.5 Å². The van der Waals surface area contributed by atoms with Crippen molar-refractivity contribution in [2.24, 2.45) is 7.05 Å². The number of hydrogen-bond donors (Lipinski definition) is 1. The van der Waals surface area contributed by atoms with Gasteiger partial charge in [-0.2, -0.15) is 0 Å². The van der Waals surface area contributed by atoms with Crippen LogP contribution in [0.4, 0.5) is 5.00 Å². The van der Waals surface area contributed by atoms with Crippen LogP contribution >= 0.6 is 23.1 Å². The number of nitrogens with one attached hydrogen (secondary N) is 1. The molecular weight excluding hydrogens is 494 g/mol. The first-order valence-corrected chi connectivity index (χ1v) is 13.1. The summed E-state index contributed by atoms with van der Waals surface area (Å²) in [5.41, 5.74) is 3.14. The zero-order valence-corrected chi connectivity index (χ0v) is 22.0. The lowest BCUT2D eigenvalue weighted by atomic mass is 10.0. The summed E-state index contributed by atoms with van der Waals surface area (Å²) in [5.74, 6) is 0.173. The minimum Gasteiger partial charge on any atom is -0.465 e. The van der Waals surface area contributed by atoms with Crippen molar-refractivity contribution >= 4 is 40.0 Å². The van der Waals surface area contributed by atoms with Gasteiger partial charge in [-0.25, -0.2) is 4.79 Å². The molecule has 3 heterocycles. The van der Waals surface area contributed by atoms with Crippen LogP contribution in [0.3, 0.4) is 0 Å². The number of thiophene rings is 1. The van der Waals surface area contributed by atoms with Crippen molar-refractivity contribution in [1.82, 2.24) is 19.3 Å². The lowest BCUT2D eigenvalue weighted by Crippen LogP contribution is -2.16. The summed E-state index contributed by atoms with van der Waals surface area (Å²) in [6, 6.07) is 13.6. The van der Waals surface area contributed by atoms with E-state index in [4.69, 9.17) is 4.74 Å². The van der Waals surface area contributed by atoms with Crippen LogP contribution in [-0.2, 0) is 29.5 Å². The van der Waals surface area contributed by atoms with Crippen molar-refractivity contribution in [1.29, 1.82) is 0 Å². The molecule has 36 heavy (non-hydrogen) atoms. The molecule has 0 aliphatic heterocycles. The summed E-state index contributed by atoms with van der Waals surface area (Å²) in [6.45, 7) is 6.30.